The highest BCUT2D eigenvalue weighted by atomic mass is 16.5. The Hall–Kier alpha value is -1.06. The predicted octanol–water partition coefficient (Wildman–Crippen LogP) is 3.23. The third-order valence-corrected chi connectivity index (χ3v) is 4.45. The van der Waals surface area contributed by atoms with Crippen molar-refractivity contribution in [2.75, 3.05) is 20.3 Å². The third-order valence-electron chi connectivity index (χ3n) is 4.45. The van der Waals surface area contributed by atoms with Crippen molar-refractivity contribution in [3.05, 3.63) is 28.8 Å². The van der Waals surface area contributed by atoms with E-state index in [9.17, 15) is 0 Å². The molecule has 1 fully saturated rings. The highest BCUT2D eigenvalue weighted by Gasteiger charge is 2.22. The van der Waals surface area contributed by atoms with Crippen LogP contribution in [-0.2, 0) is 24.1 Å². The number of rotatable bonds is 8. The van der Waals surface area contributed by atoms with Crippen molar-refractivity contribution in [2.24, 2.45) is 0 Å². The molecule has 0 aliphatic heterocycles. The Kier molecular flexibility index (Phi) is 5.15. The van der Waals surface area contributed by atoms with Gasteiger partial charge in [0.15, 0.2) is 0 Å². The lowest BCUT2D eigenvalue weighted by Gasteiger charge is -2.21. The molecule has 1 aromatic rings. The van der Waals surface area contributed by atoms with Crippen LogP contribution in [0.5, 0.6) is 5.75 Å². The van der Waals surface area contributed by atoms with Crippen LogP contribution in [0.2, 0.25) is 0 Å². The molecule has 21 heavy (non-hydrogen) atoms. The van der Waals surface area contributed by atoms with Gasteiger partial charge in [0, 0.05) is 32.7 Å². The molecular weight excluding hydrogens is 262 g/mol. The minimum Gasteiger partial charge on any atom is -0.493 e. The van der Waals surface area contributed by atoms with Crippen LogP contribution in [0.3, 0.4) is 0 Å². The summed E-state index contributed by atoms with van der Waals surface area (Å²) >= 11 is 0. The number of fused-ring (bicyclic) bond motifs is 1. The summed E-state index contributed by atoms with van der Waals surface area (Å²) in [6, 6.07) is 5.28. The van der Waals surface area contributed by atoms with Crippen molar-refractivity contribution >= 4 is 0 Å². The van der Waals surface area contributed by atoms with E-state index < -0.39 is 0 Å². The number of nitrogens with one attached hydrogen (secondary N) is 1. The van der Waals surface area contributed by atoms with Gasteiger partial charge in [0.1, 0.15) is 5.75 Å². The van der Waals surface area contributed by atoms with Crippen LogP contribution in [0.15, 0.2) is 12.1 Å². The van der Waals surface area contributed by atoms with Gasteiger partial charge in [-0.2, -0.15) is 0 Å². The molecule has 2 aliphatic carbocycles. The van der Waals surface area contributed by atoms with E-state index in [1.807, 2.05) is 0 Å². The van der Waals surface area contributed by atoms with Crippen LogP contribution in [0, 0.1) is 0 Å². The van der Waals surface area contributed by atoms with Crippen LogP contribution in [0.25, 0.3) is 0 Å². The van der Waals surface area contributed by atoms with Crippen molar-refractivity contribution < 1.29 is 9.47 Å². The second-order valence-electron chi connectivity index (χ2n) is 6.28. The van der Waals surface area contributed by atoms with Crippen molar-refractivity contribution in [1.82, 2.24) is 5.32 Å². The number of benzene rings is 1. The van der Waals surface area contributed by atoms with Crippen LogP contribution in [0.4, 0.5) is 0 Å². The minimum atomic E-state index is 0.738. The molecular formula is C18H27NO2. The van der Waals surface area contributed by atoms with E-state index in [4.69, 9.17) is 9.47 Å². The Balaban J connectivity index is 1.68. The lowest BCUT2D eigenvalue weighted by atomic mass is 9.88. The zero-order valence-electron chi connectivity index (χ0n) is 13.1. The van der Waals surface area contributed by atoms with Gasteiger partial charge in [-0.3, -0.25) is 0 Å². The summed E-state index contributed by atoms with van der Waals surface area (Å²) in [4.78, 5) is 0. The van der Waals surface area contributed by atoms with Crippen LogP contribution in [-0.4, -0.2) is 26.4 Å². The van der Waals surface area contributed by atoms with E-state index in [1.54, 1.807) is 12.7 Å². The molecule has 0 amide bonds. The lowest BCUT2D eigenvalue weighted by Crippen LogP contribution is -2.18. The lowest BCUT2D eigenvalue weighted by molar-refractivity contribution is 0.172. The van der Waals surface area contributed by atoms with Gasteiger partial charge in [-0.15, -0.1) is 0 Å². The molecule has 0 bridgehead atoms. The summed E-state index contributed by atoms with van der Waals surface area (Å²) < 4.78 is 11.0. The molecule has 1 aromatic carbocycles. The Morgan fingerprint density at radius 3 is 2.81 bits per heavy atom. The number of methoxy groups -OCH3 is 1. The van der Waals surface area contributed by atoms with Gasteiger partial charge in [-0.1, -0.05) is 0 Å². The molecule has 0 saturated heterocycles. The van der Waals surface area contributed by atoms with E-state index in [2.05, 4.69) is 17.4 Å². The number of ether oxygens (including phenoxy) is 2. The fourth-order valence-electron chi connectivity index (χ4n) is 3.10. The molecule has 0 unspecified atom stereocenters. The molecule has 3 nitrogen and oxygen atoms in total. The molecule has 0 radical (unpaired) electrons. The van der Waals surface area contributed by atoms with Gasteiger partial charge < -0.3 is 14.8 Å². The first-order valence-corrected chi connectivity index (χ1v) is 8.36. The maximum absolute atomic E-state index is 5.93. The topological polar surface area (TPSA) is 30.5 Å². The monoisotopic (exact) mass is 289 g/mol. The summed E-state index contributed by atoms with van der Waals surface area (Å²) in [5.41, 5.74) is 4.55. The fourth-order valence-corrected chi connectivity index (χ4v) is 3.10. The first-order chi connectivity index (χ1) is 10.4. The Morgan fingerprint density at radius 1 is 1.14 bits per heavy atom. The van der Waals surface area contributed by atoms with Gasteiger partial charge in [0.25, 0.3) is 0 Å². The highest BCUT2D eigenvalue weighted by molar-refractivity contribution is 5.43. The molecule has 0 heterocycles. The predicted molar refractivity (Wildman–Crippen MR) is 84.9 cm³/mol. The highest BCUT2D eigenvalue weighted by Crippen LogP contribution is 2.30. The van der Waals surface area contributed by atoms with Gasteiger partial charge in [0.05, 0.1) is 6.61 Å². The molecule has 0 atom stereocenters. The normalized spacial score (nSPS) is 17.6. The molecule has 1 saturated carbocycles. The summed E-state index contributed by atoms with van der Waals surface area (Å²) in [6.07, 6.45) is 8.73. The maximum atomic E-state index is 5.93. The van der Waals surface area contributed by atoms with Crippen molar-refractivity contribution in [3.63, 3.8) is 0 Å². The average Bonchev–Trinajstić information content (AvgIpc) is 3.33. The first-order valence-electron chi connectivity index (χ1n) is 8.36. The fraction of sp³-hybridized carbons (Fsp3) is 0.667. The van der Waals surface area contributed by atoms with Gasteiger partial charge >= 0.3 is 0 Å². The van der Waals surface area contributed by atoms with E-state index in [0.29, 0.717) is 0 Å². The molecule has 0 spiro atoms. The minimum absolute atomic E-state index is 0.738. The Bertz CT molecular complexity index is 469. The molecule has 3 heteroatoms. The van der Waals surface area contributed by atoms with Crippen LogP contribution < -0.4 is 10.1 Å². The van der Waals surface area contributed by atoms with E-state index in [-0.39, 0.29) is 0 Å². The summed E-state index contributed by atoms with van der Waals surface area (Å²) in [7, 11) is 1.74. The molecule has 0 aromatic heterocycles. The molecule has 3 rings (SSSR count). The quantitative estimate of drug-likeness (QED) is 0.745. The number of aryl methyl sites for hydroxylation is 1. The van der Waals surface area contributed by atoms with E-state index in [0.717, 1.165) is 38.0 Å². The average molecular weight is 289 g/mol. The number of hydrogen-bond acceptors (Lipinski definition) is 3. The summed E-state index contributed by atoms with van der Waals surface area (Å²) in [5, 5.41) is 3.65. The maximum Gasteiger partial charge on any atom is 0.119 e. The first kappa shape index (κ1) is 14.9. The van der Waals surface area contributed by atoms with Crippen LogP contribution in [0.1, 0.15) is 48.8 Å². The second kappa shape index (κ2) is 7.28. The molecule has 2 aliphatic rings. The van der Waals surface area contributed by atoms with E-state index >= 15 is 0 Å². The zero-order chi connectivity index (χ0) is 14.5. The second-order valence-corrected chi connectivity index (χ2v) is 6.28. The Labute approximate surface area is 128 Å². The van der Waals surface area contributed by atoms with Crippen molar-refractivity contribution in [3.8, 4) is 5.75 Å². The SMILES string of the molecule is COCCCOc1cc2c(c(CNC3CC3)c1)CCCC2. The largest absolute Gasteiger partial charge is 0.493 e. The third kappa shape index (κ3) is 4.21. The summed E-state index contributed by atoms with van der Waals surface area (Å²) in [6.45, 7) is 2.51. The number of hydrogen-bond donors (Lipinski definition) is 1. The van der Waals surface area contributed by atoms with Gasteiger partial charge in [-0.25, -0.2) is 0 Å². The zero-order valence-corrected chi connectivity index (χ0v) is 13.1. The van der Waals surface area contributed by atoms with Crippen molar-refractivity contribution in [1.29, 1.82) is 0 Å². The van der Waals surface area contributed by atoms with Crippen LogP contribution >= 0.6 is 0 Å². The standard InChI is InChI=1S/C18H27NO2/c1-20-9-4-10-21-17-11-14-5-2-3-6-18(14)15(12-17)13-19-16-7-8-16/h11-12,16,19H,2-10,13H2,1H3. The smallest absolute Gasteiger partial charge is 0.119 e. The molecule has 1 N–H and O–H groups in total. The van der Waals surface area contributed by atoms with Gasteiger partial charge in [-0.05, 0) is 67.3 Å². The van der Waals surface area contributed by atoms with Gasteiger partial charge in [0.2, 0.25) is 0 Å². The summed E-state index contributed by atoms with van der Waals surface area (Å²) in [5.74, 6) is 1.04. The molecule has 116 valence electrons. The van der Waals surface area contributed by atoms with E-state index in [1.165, 1.54) is 49.7 Å². The van der Waals surface area contributed by atoms with Crippen molar-refractivity contribution in [2.45, 2.75) is 57.5 Å². The Morgan fingerprint density at radius 2 is 2.00 bits per heavy atom.